The highest BCUT2D eigenvalue weighted by atomic mass is 32.2. The summed E-state index contributed by atoms with van der Waals surface area (Å²) in [6.07, 6.45) is 1.83. The van der Waals surface area contributed by atoms with E-state index < -0.39 is 10.0 Å². The van der Waals surface area contributed by atoms with Crippen molar-refractivity contribution < 1.29 is 13.2 Å². The number of carbonyl (C=O) groups excluding carboxylic acids is 1. The first-order valence-corrected chi connectivity index (χ1v) is 15.6. The second-order valence-corrected chi connectivity index (χ2v) is 12.0. The second-order valence-electron chi connectivity index (χ2n) is 10.2. The van der Waals surface area contributed by atoms with Gasteiger partial charge in [0.25, 0.3) is 10.0 Å². The quantitative estimate of drug-likeness (QED) is 0.199. The van der Waals surface area contributed by atoms with Gasteiger partial charge in [-0.3, -0.25) is 4.79 Å². The van der Waals surface area contributed by atoms with Gasteiger partial charge in [0.15, 0.2) is 0 Å². The first-order valence-electron chi connectivity index (χ1n) is 14.1. The molecule has 0 radical (unpaired) electrons. The van der Waals surface area contributed by atoms with Gasteiger partial charge in [0.2, 0.25) is 0 Å². The van der Waals surface area contributed by atoms with Crippen LogP contribution in [0.15, 0.2) is 144 Å². The molecule has 0 aliphatic rings. The van der Waals surface area contributed by atoms with E-state index in [-0.39, 0.29) is 4.90 Å². The molecule has 0 saturated carbocycles. The molecular formula is C37H30N2O3S. The molecule has 2 heterocycles. The lowest BCUT2D eigenvalue weighted by molar-refractivity contribution is 0.112. The topological polar surface area (TPSA) is 71.9 Å². The lowest BCUT2D eigenvalue weighted by Gasteiger charge is -2.12. The number of fused-ring (bicyclic) bond motifs is 2. The van der Waals surface area contributed by atoms with E-state index in [1.54, 1.807) is 60.7 Å². The number of carbonyl (C=O) groups is 1. The molecule has 2 aromatic heterocycles. The van der Waals surface area contributed by atoms with Crippen molar-refractivity contribution in [2.45, 2.75) is 18.2 Å². The molecule has 5 nitrogen and oxygen atoms in total. The number of hydrogen-bond acceptors (Lipinski definition) is 3. The van der Waals surface area contributed by atoms with Gasteiger partial charge in [0, 0.05) is 27.5 Å². The van der Waals surface area contributed by atoms with Crippen molar-refractivity contribution in [1.29, 1.82) is 0 Å². The third kappa shape index (κ3) is 5.65. The molecule has 0 atom stereocenters. The largest absolute Gasteiger partial charge is 0.355 e. The summed E-state index contributed by atoms with van der Waals surface area (Å²) in [5.41, 5.74) is 7.33. The predicted molar refractivity (Wildman–Crippen MR) is 175 cm³/mol. The van der Waals surface area contributed by atoms with E-state index >= 15 is 0 Å². The van der Waals surface area contributed by atoms with E-state index in [1.165, 1.54) is 31.7 Å². The summed E-state index contributed by atoms with van der Waals surface area (Å²) in [7, 11) is -3.79. The van der Waals surface area contributed by atoms with E-state index in [9.17, 15) is 13.2 Å². The molecule has 212 valence electrons. The number of aromatic amines is 1. The third-order valence-corrected chi connectivity index (χ3v) is 9.18. The van der Waals surface area contributed by atoms with Crippen LogP contribution in [0.1, 0.15) is 22.8 Å². The van der Waals surface area contributed by atoms with Crippen molar-refractivity contribution in [1.82, 2.24) is 8.96 Å². The summed E-state index contributed by atoms with van der Waals surface area (Å²) in [5.74, 6) is 0. The van der Waals surface area contributed by atoms with Gasteiger partial charge in [-0.25, -0.2) is 12.4 Å². The number of aromatic nitrogens is 2. The Kier molecular flexibility index (Phi) is 7.77. The van der Waals surface area contributed by atoms with E-state index in [0.29, 0.717) is 22.3 Å². The number of H-pyrrole nitrogens is 1. The van der Waals surface area contributed by atoms with Gasteiger partial charge in [0.1, 0.15) is 6.29 Å². The molecule has 6 heteroatoms. The van der Waals surface area contributed by atoms with Crippen LogP contribution in [0.3, 0.4) is 0 Å². The molecule has 43 heavy (non-hydrogen) atoms. The minimum atomic E-state index is -3.79. The van der Waals surface area contributed by atoms with E-state index in [1.807, 2.05) is 24.3 Å². The highest BCUT2D eigenvalue weighted by Gasteiger charge is 2.23. The lowest BCUT2D eigenvalue weighted by Crippen LogP contribution is -2.14. The van der Waals surface area contributed by atoms with Gasteiger partial charge in [-0.15, -0.1) is 0 Å². The van der Waals surface area contributed by atoms with Crippen LogP contribution in [0, 0.1) is 0 Å². The monoisotopic (exact) mass is 582 g/mol. The zero-order valence-corrected chi connectivity index (χ0v) is 24.5. The SMILES string of the molecule is CCc1cccc(-c2cc3ccccc3[nH]2)c1.O=Cc1cccc(-c2cc3ccccc3n2S(=O)(=O)c2ccccc2)c1. The van der Waals surface area contributed by atoms with Crippen molar-refractivity contribution in [3.05, 3.63) is 151 Å². The van der Waals surface area contributed by atoms with E-state index in [2.05, 4.69) is 66.5 Å². The summed E-state index contributed by atoms with van der Waals surface area (Å²) in [4.78, 5) is 14.8. The summed E-state index contributed by atoms with van der Waals surface area (Å²) in [6.45, 7) is 2.18. The normalized spacial score (nSPS) is 11.3. The fourth-order valence-corrected chi connectivity index (χ4v) is 6.80. The molecule has 0 amide bonds. The maximum Gasteiger partial charge on any atom is 0.268 e. The first-order chi connectivity index (χ1) is 21.0. The molecule has 0 bridgehead atoms. The van der Waals surface area contributed by atoms with Crippen LogP contribution < -0.4 is 0 Å². The molecule has 0 aliphatic heterocycles. The van der Waals surface area contributed by atoms with Crippen LogP contribution in [0.2, 0.25) is 0 Å². The third-order valence-electron chi connectivity index (χ3n) is 7.44. The Morgan fingerprint density at radius 1 is 0.674 bits per heavy atom. The standard InChI is InChI=1S/C21H15NO3S.C16H15N/c23-15-16-7-6-9-17(13-16)21-14-18-8-4-5-12-20(18)22(21)26(24,25)19-10-2-1-3-11-19;1-2-12-6-5-8-13(10-12)16-11-14-7-3-4-9-15(14)17-16/h1-15H;3-11,17H,2H2,1H3. The number of benzene rings is 5. The summed E-state index contributed by atoms with van der Waals surface area (Å²) in [6, 6.07) is 43.7. The first kappa shape index (κ1) is 27.9. The molecule has 7 rings (SSSR count). The minimum absolute atomic E-state index is 0.217. The minimum Gasteiger partial charge on any atom is -0.355 e. The second kappa shape index (κ2) is 12.0. The van der Waals surface area contributed by atoms with Gasteiger partial charge in [0.05, 0.1) is 16.1 Å². The van der Waals surface area contributed by atoms with Gasteiger partial charge >= 0.3 is 0 Å². The highest BCUT2D eigenvalue weighted by Crippen LogP contribution is 2.32. The Morgan fingerprint density at radius 2 is 1.37 bits per heavy atom. The van der Waals surface area contributed by atoms with Crippen LogP contribution in [0.5, 0.6) is 0 Å². The van der Waals surface area contributed by atoms with Crippen molar-refractivity contribution in [3.63, 3.8) is 0 Å². The molecule has 0 unspecified atom stereocenters. The van der Waals surface area contributed by atoms with Crippen LogP contribution in [-0.4, -0.2) is 23.7 Å². The van der Waals surface area contributed by atoms with Gasteiger partial charge in [-0.05, 0) is 71.6 Å². The number of nitrogens with one attached hydrogen (secondary N) is 1. The number of hydrogen-bond donors (Lipinski definition) is 1. The zero-order valence-electron chi connectivity index (χ0n) is 23.6. The number of aldehydes is 1. The number of nitrogens with zero attached hydrogens (tertiary/aromatic N) is 1. The fraction of sp³-hybridized carbons (Fsp3) is 0.0541. The molecule has 0 spiro atoms. The maximum atomic E-state index is 13.4. The molecule has 0 saturated heterocycles. The summed E-state index contributed by atoms with van der Waals surface area (Å²) >= 11 is 0. The van der Waals surface area contributed by atoms with Crippen LogP contribution in [0.4, 0.5) is 0 Å². The highest BCUT2D eigenvalue weighted by molar-refractivity contribution is 7.90. The molecule has 1 N–H and O–H groups in total. The van der Waals surface area contributed by atoms with Crippen molar-refractivity contribution in [2.75, 3.05) is 0 Å². The lowest BCUT2D eigenvalue weighted by atomic mass is 10.1. The molecular weight excluding hydrogens is 552 g/mol. The Bertz CT molecular complexity index is 2130. The number of aryl methyl sites for hydroxylation is 1. The van der Waals surface area contributed by atoms with Gasteiger partial charge in [-0.1, -0.05) is 97.9 Å². The van der Waals surface area contributed by atoms with Crippen molar-refractivity contribution >= 4 is 38.1 Å². The van der Waals surface area contributed by atoms with Crippen molar-refractivity contribution in [2.24, 2.45) is 0 Å². The van der Waals surface area contributed by atoms with Crippen LogP contribution in [-0.2, 0) is 16.4 Å². The fourth-order valence-electron chi connectivity index (χ4n) is 5.25. The van der Waals surface area contributed by atoms with E-state index in [0.717, 1.165) is 18.1 Å². The zero-order chi connectivity index (χ0) is 29.8. The number of para-hydroxylation sites is 2. The molecule has 5 aromatic carbocycles. The van der Waals surface area contributed by atoms with Gasteiger partial charge < -0.3 is 4.98 Å². The Balaban J connectivity index is 0.000000167. The number of rotatable bonds is 6. The van der Waals surface area contributed by atoms with Crippen LogP contribution >= 0.6 is 0 Å². The predicted octanol–water partition coefficient (Wildman–Crippen LogP) is 8.76. The summed E-state index contributed by atoms with van der Waals surface area (Å²) < 4.78 is 28.1. The smallest absolute Gasteiger partial charge is 0.268 e. The van der Waals surface area contributed by atoms with E-state index in [4.69, 9.17) is 0 Å². The molecule has 0 aliphatic carbocycles. The molecule has 0 fully saturated rings. The maximum absolute atomic E-state index is 13.4. The Hall–Kier alpha value is -5.20. The van der Waals surface area contributed by atoms with Crippen LogP contribution in [0.25, 0.3) is 44.3 Å². The summed E-state index contributed by atoms with van der Waals surface area (Å²) in [5, 5.41) is 2.09. The average molecular weight is 583 g/mol. The van der Waals surface area contributed by atoms with Crippen molar-refractivity contribution in [3.8, 4) is 22.5 Å². The Labute approximate surface area is 251 Å². The molecule has 7 aromatic rings. The Morgan fingerprint density at radius 3 is 2.14 bits per heavy atom. The van der Waals surface area contributed by atoms with Gasteiger partial charge in [-0.2, -0.15) is 0 Å². The average Bonchev–Trinajstić information content (AvgIpc) is 3.68.